The van der Waals surface area contributed by atoms with Gasteiger partial charge in [-0.2, -0.15) is 0 Å². The van der Waals surface area contributed by atoms with Crippen LogP contribution in [0.5, 0.6) is 0 Å². The maximum absolute atomic E-state index is 12.8. The third-order valence-corrected chi connectivity index (χ3v) is 4.45. The lowest BCUT2D eigenvalue weighted by Crippen LogP contribution is -2.44. The normalized spacial score (nSPS) is 14.1. The second-order valence-corrected chi connectivity index (χ2v) is 9.51. The number of benzene rings is 1. The van der Waals surface area contributed by atoms with E-state index < -0.39 is 32.7 Å². The van der Waals surface area contributed by atoms with E-state index in [1.165, 1.54) is 18.3 Å². The predicted octanol–water partition coefficient (Wildman–Crippen LogP) is 5.65. The van der Waals surface area contributed by atoms with E-state index in [9.17, 15) is 29.0 Å². The molecule has 1 aromatic heterocycles. The van der Waals surface area contributed by atoms with Crippen molar-refractivity contribution >= 4 is 33.7 Å². The van der Waals surface area contributed by atoms with Gasteiger partial charge < -0.3 is 10.1 Å². The molecule has 1 aromatic carbocycles. The summed E-state index contributed by atoms with van der Waals surface area (Å²) in [6, 6.07) is 4.76. The van der Waals surface area contributed by atoms with Crippen LogP contribution in [0.15, 0.2) is 47.5 Å². The summed E-state index contributed by atoms with van der Waals surface area (Å²) in [6.45, 7) is 4.87. The summed E-state index contributed by atoms with van der Waals surface area (Å²) in [6.07, 6.45) is 0.379. The van der Waals surface area contributed by atoms with E-state index in [0.29, 0.717) is 0 Å². The molecule has 0 aliphatic heterocycles. The third kappa shape index (κ3) is 6.76. The first-order valence-corrected chi connectivity index (χ1v) is 10.3. The quantitative estimate of drug-likeness (QED) is 0.410. The van der Waals surface area contributed by atoms with Crippen LogP contribution in [-0.4, -0.2) is 22.6 Å². The lowest BCUT2D eigenvalue weighted by Gasteiger charge is -2.40. The molecule has 166 valence electrons. The Morgan fingerprint density at radius 2 is 1.57 bits per heavy atom. The maximum Gasteiger partial charge on any atom is 0.426 e. The Balaban J connectivity index is 2.14. The molecule has 2 aromatic rings. The van der Waals surface area contributed by atoms with E-state index in [-0.39, 0.29) is 29.2 Å². The maximum atomic E-state index is 12.8. The van der Waals surface area contributed by atoms with Crippen molar-refractivity contribution in [3.8, 4) is 0 Å². The van der Waals surface area contributed by atoms with Gasteiger partial charge in [0.15, 0.2) is 0 Å². The number of aromatic nitrogens is 1. The van der Waals surface area contributed by atoms with Crippen LogP contribution in [-0.2, 0) is 4.74 Å². The topological polar surface area (TPSA) is 92.4 Å². The van der Waals surface area contributed by atoms with Crippen LogP contribution < -0.4 is 16.2 Å². The van der Waals surface area contributed by atoms with Crippen molar-refractivity contribution < 1.29 is 33.8 Å². The molecule has 0 bridgehead atoms. The lowest BCUT2D eigenvalue weighted by atomic mass is 10.2. The highest BCUT2D eigenvalue weighted by atomic mass is 32.5. The minimum Gasteiger partial charge on any atom is -0.443 e. The van der Waals surface area contributed by atoms with Gasteiger partial charge in [0.2, 0.25) is 0 Å². The van der Waals surface area contributed by atoms with E-state index >= 15 is 0 Å². The monoisotopic (exact) mass is 454 g/mol. The van der Waals surface area contributed by atoms with E-state index in [2.05, 4.69) is 15.7 Å². The van der Waals surface area contributed by atoms with Gasteiger partial charge in [0.25, 0.3) is 5.91 Å². The number of hydrazine groups is 1. The van der Waals surface area contributed by atoms with Gasteiger partial charge in [-0.3, -0.25) is 10.2 Å². The molecule has 0 aliphatic carbocycles. The molecule has 0 unspecified atom stereocenters. The molecule has 0 fully saturated rings. The van der Waals surface area contributed by atoms with Crippen molar-refractivity contribution in [2.75, 3.05) is 5.32 Å². The molecular weight excluding hydrogens is 435 g/mol. The van der Waals surface area contributed by atoms with Crippen molar-refractivity contribution in [3.05, 3.63) is 48.2 Å². The average molecular weight is 454 g/mol. The van der Waals surface area contributed by atoms with Gasteiger partial charge in [-0.25, -0.2) is 15.2 Å². The number of carbonyl (C=O) groups is 2. The molecule has 0 spiro atoms. The summed E-state index contributed by atoms with van der Waals surface area (Å²) < 4.78 is 69.0. The number of hydrogen-bond acceptors (Lipinski definition) is 5. The highest BCUT2D eigenvalue weighted by Crippen LogP contribution is 3.02. The fourth-order valence-corrected chi connectivity index (χ4v) is 2.75. The molecule has 13 heteroatoms. The summed E-state index contributed by atoms with van der Waals surface area (Å²) >= 11 is 0. The van der Waals surface area contributed by atoms with Gasteiger partial charge >= 0.3 is 16.3 Å². The number of halogens is 5. The highest BCUT2D eigenvalue weighted by molar-refractivity contribution is 8.45. The van der Waals surface area contributed by atoms with Crippen LogP contribution in [0.4, 0.5) is 35.7 Å². The van der Waals surface area contributed by atoms with Gasteiger partial charge in [-0.1, -0.05) is 19.4 Å². The molecule has 2 amide bonds. The molecule has 7 nitrogen and oxygen atoms in total. The zero-order valence-electron chi connectivity index (χ0n) is 16.0. The number of nitrogens with one attached hydrogen (secondary N) is 3. The largest absolute Gasteiger partial charge is 0.443 e. The Labute approximate surface area is 168 Å². The smallest absolute Gasteiger partial charge is 0.426 e. The first-order chi connectivity index (χ1) is 13.4. The number of nitrogens with zero attached hydrogens (tertiary/aromatic N) is 1. The van der Waals surface area contributed by atoms with Gasteiger partial charge in [-0.05, 0) is 57.2 Å². The summed E-state index contributed by atoms with van der Waals surface area (Å²) in [5, 5.41) is 2.57. The molecule has 0 aliphatic rings. The SMILES string of the molecule is CC(C)(C)OC(=O)NNC(=O)c1cccnc1Nc1ccc(S(F)(F)(F)(F)F)cc1. The van der Waals surface area contributed by atoms with Gasteiger partial charge in [0.1, 0.15) is 16.3 Å². The van der Waals surface area contributed by atoms with E-state index in [0.717, 1.165) is 12.1 Å². The van der Waals surface area contributed by atoms with Crippen molar-refractivity contribution in [2.45, 2.75) is 31.3 Å². The summed E-state index contributed by atoms with van der Waals surface area (Å²) in [5.41, 5.74) is 3.25. The van der Waals surface area contributed by atoms with Gasteiger partial charge in [0, 0.05) is 11.9 Å². The lowest BCUT2D eigenvalue weighted by molar-refractivity contribution is 0.0483. The molecule has 0 saturated heterocycles. The molecule has 0 saturated carbocycles. The number of ether oxygens (including phenoxy) is 1. The Hall–Kier alpha value is -3.09. The number of amides is 2. The Bertz CT molecular complexity index is 961. The zero-order valence-corrected chi connectivity index (χ0v) is 16.8. The van der Waals surface area contributed by atoms with Gasteiger partial charge in [0.05, 0.1) is 5.56 Å². The van der Waals surface area contributed by atoms with E-state index in [1.807, 2.05) is 5.43 Å². The van der Waals surface area contributed by atoms with E-state index in [1.54, 1.807) is 20.8 Å². The molecule has 30 heavy (non-hydrogen) atoms. The van der Waals surface area contributed by atoms with Crippen LogP contribution >= 0.6 is 10.2 Å². The number of pyridine rings is 1. The number of anilines is 2. The minimum atomic E-state index is -9.78. The molecule has 3 N–H and O–H groups in total. The summed E-state index contributed by atoms with van der Waals surface area (Å²) in [7, 11) is -9.78. The Morgan fingerprint density at radius 3 is 2.10 bits per heavy atom. The number of carbonyl (C=O) groups excluding carboxylic acids is 2. The summed E-state index contributed by atoms with van der Waals surface area (Å²) in [4.78, 5) is 25.8. The second kappa shape index (κ2) is 7.00. The van der Waals surface area contributed by atoms with Crippen LogP contribution in [0.1, 0.15) is 31.1 Å². The van der Waals surface area contributed by atoms with Crippen LogP contribution in [0, 0.1) is 0 Å². The number of rotatable bonds is 4. The minimum absolute atomic E-state index is 0.0200. The summed E-state index contributed by atoms with van der Waals surface area (Å²) in [5.74, 6) is -0.888. The molecule has 1 heterocycles. The second-order valence-electron chi connectivity index (χ2n) is 7.10. The van der Waals surface area contributed by atoms with Crippen molar-refractivity contribution in [1.82, 2.24) is 15.8 Å². The molecular formula is C17H19F5N4O3S. The Kier molecular flexibility index (Phi) is 5.41. The van der Waals surface area contributed by atoms with E-state index in [4.69, 9.17) is 4.74 Å². The molecule has 2 rings (SSSR count). The van der Waals surface area contributed by atoms with Crippen molar-refractivity contribution in [2.24, 2.45) is 0 Å². The fraction of sp³-hybridized carbons (Fsp3) is 0.235. The highest BCUT2D eigenvalue weighted by Gasteiger charge is 2.65. The standard InChI is InChI=1S/C17H19F5N4O3S/c1-17(2,3)29-16(28)26-25-15(27)13-5-4-10-23-14(13)24-11-6-8-12(9-7-11)30(18,19,20,21)22/h4-10H,1-3H3,(H,23,24)(H,25,27)(H,26,28). The first-order valence-electron chi connectivity index (χ1n) is 8.30. The number of hydrogen-bond donors (Lipinski definition) is 3. The first kappa shape index (κ1) is 23.2. The van der Waals surface area contributed by atoms with Crippen LogP contribution in [0.3, 0.4) is 0 Å². The fourth-order valence-electron chi connectivity index (χ4n) is 2.10. The molecule has 0 radical (unpaired) electrons. The Morgan fingerprint density at radius 1 is 0.967 bits per heavy atom. The van der Waals surface area contributed by atoms with Crippen molar-refractivity contribution in [3.63, 3.8) is 0 Å². The van der Waals surface area contributed by atoms with Gasteiger partial charge in [-0.15, -0.1) is 0 Å². The van der Waals surface area contributed by atoms with Crippen LogP contribution in [0.25, 0.3) is 0 Å². The average Bonchev–Trinajstić information content (AvgIpc) is 2.57. The zero-order chi connectivity index (χ0) is 22.9. The molecule has 0 atom stereocenters. The third-order valence-electron chi connectivity index (χ3n) is 3.29. The van der Waals surface area contributed by atoms with Crippen LogP contribution in [0.2, 0.25) is 0 Å². The predicted molar refractivity (Wildman–Crippen MR) is 102 cm³/mol. The van der Waals surface area contributed by atoms with Crippen molar-refractivity contribution in [1.29, 1.82) is 0 Å².